The Morgan fingerprint density at radius 3 is 3.00 bits per heavy atom. The highest BCUT2D eigenvalue weighted by atomic mass is 32.2. The van der Waals surface area contributed by atoms with E-state index in [1.54, 1.807) is 23.0 Å². The maximum absolute atomic E-state index is 11.6. The van der Waals surface area contributed by atoms with E-state index in [0.717, 1.165) is 21.7 Å². The number of hydrogen-bond acceptors (Lipinski definition) is 5. The smallest absolute Gasteiger partial charge is 0.198 e. The van der Waals surface area contributed by atoms with E-state index >= 15 is 0 Å². The Balaban J connectivity index is 1.53. The highest BCUT2D eigenvalue weighted by Crippen LogP contribution is 2.35. The summed E-state index contributed by atoms with van der Waals surface area (Å²) in [6, 6.07) is 11.6. The second-order valence-corrected chi connectivity index (χ2v) is 7.38. The van der Waals surface area contributed by atoms with E-state index in [0.29, 0.717) is 17.8 Å². The number of pyridine rings is 1. The molecule has 4 rings (SSSR count). The van der Waals surface area contributed by atoms with Crippen LogP contribution in [0.3, 0.4) is 0 Å². The monoisotopic (exact) mass is 367 g/mol. The molecule has 0 bridgehead atoms. The molecule has 3 aromatic rings. The molecule has 0 radical (unpaired) electrons. The van der Waals surface area contributed by atoms with Gasteiger partial charge in [0.25, 0.3) is 0 Å². The average molecular weight is 367 g/mol. The summed E-state index contributed by atoms with van der Waals surface area (Å²) in [5.41, 5.74) is 3.71. The first kappa shape index (κ1) is 14.7. The van der Waals surface area contributed by atoms with Crippen molar-refractivity contribution in [1.82, 2.24) is 14.8 Å². The number of aromatic nitrogens is 3. The molecule has 1 aliphatic heterocycles. The van der Waals surface area contributed by atoms with Crippen LogP contribution in [-0.4, -0.2) is 31.5 Å². The van der Waals surface area contributed by atoms with Crippen molar-refractivity contribution in [2.45, 2.75) is 30.6 Å². The molecule has 26 heavy (non-hydrogen) atoms. The molecule has 1 atom stereocenters. The second-order valence-electron chi connectivity index (χ2n) is 6.28. The quantitative estimate of drug-likeness (QED) is 0.750. The molecule has 6 heteroatoms. The number of carbonyl (C=O) groups excluding carboxylic acids is 1. The molecule has 3 heterocycles. The molecule has 1 N–H and O–H groups in total. The number of nitrogens with zero attached hydrogens (tertiary/aromatic N) is 3. The van der Waals surface area contributed by atoms with Crippen molar-refractivity contribution in [1.29, 1.82) is 0 Å². The van der Waals surface area contributed by atoms with Crippen molar-refractivity contribution in [3.63, 3.8) is 0 Å². The Hall–Kier alpha value is -2.44. The highest BCUT2D eigenvalue weighted by molar-refractivity contribution is 8.14. The zero-order valence-corrected chi connectivity index (χ0v) is 15.0. The molecule has 1 aliphatic rings. The van der Waals surface area contributed by atoms with Gasteiger partial charge in [-0.15, -0.1) is 0 Å². The van der Waals surface area contributed by atoms with Gasteiger partial charge in [-0.3, -0.25) is 4.79 Å². The zero-order chi connectivity index (χ0) is 19.9. The van der Waals surface area contributed by atoms with E-state index < -0.39 is 6.56 Å². The minimum absolute atomic E-state index is 0.0729. The standard InChI is InChI=1S/C20H19N3O2S/c1-13(15-3-4-16-11-20(25)26-18(16)10-15)17-6-8-23(22-17)19-5-2-14(7-9-24)12-21-19/h2-6,8,10,12-13,24H,7,9,11H2,1H3/i9D2. The van der Waals surface area contributed by atoms with Crippen molar-refractivity contribution in [3.8, 4) is 5.82 Å². The summed E-state index contributed by atoms with van der Waals surface area (Å²) in [5, 5.41) is 14.1. The van der Waals surface area contributed by atoms with Gasteiger partial charge in [-0.2, -0.15) is 5.10 Å². The van der Waals surface area contributed by atoms with Gasteiger partial charge in [-0.05, 0) is 41.3 Å². The van der Waals surface area contributed by atoms with Crippen LogP contribution < -0.4 is 0 Å². The van der Waals surface area contributed by atoms with Crippen molar-refractivity contribution in [3.05, 3.63) is 71.2 Å². The van der Waals surface area contributed by atoms with E-state index in [1.165, 1.54) is 11.8 Å². The first-order valence-corrected chi connectivity index (χ1v) is 9.17. The van der Waals surface area contributed by atoms with Gasteiger partial charge in [0.15, 0.2) is 10.9 Å². The van der Waals surface area contributed by atoms with Crippen LogP contribution in [0.15, 0.2) is 53.7 Å². The lowest BCUT2D eigenvalue weighted by Gasteiger charge is -2.10. The van der Waals surface area contributed by atoms with Crippen LogP contribution in [0.2, 0.25) is 0 Å². The van der Waals surface area contributed by atoms with Crippen LogP contribution in [0, 0.1) is 0 Å². The molecule has 0 fully saturated rings. The third-order valence-corrected chi connectivity index (χ3v) is 5.50. The molecular formula is C20H19N3O2S. The lowest BCUT2D eigenvalue weighted by Crippen LogP contribution is -2.03. The fourth-order valence-electron chi connectivity index (χ4n) is 3.01. The molecule has 2 aromatic heterocycles. The lowest BCUT2D eigenvalue weighted by atomic mass is 9.96. The van der Waals surface area contributed by atoms with E-state index in [4.69, 9.17) is 2.74 Å². The van der Waals surface area contributed by atoms with Crippen LogP contribution >= 0.6 is 11.8 Å². The molecule has 0 saturated carbocycles. The van der Waals surface area contributed by atoms with Gasteiger partial charge in [0.2, 0.25) is 0 Å². The molecule has 5 nitrogen and oxygen atoms in total. The van der Waals surface area contributed by atoms with Gasteiger partial charge >= 0.3 is 0 Å². The van der Waals surface area contributed by atoms with E-state index in [1.807, 2.05) is 18.3 Å². The fourth-order valence-corrected chi connectivity index (χ4v) is 3.95. The van der Waals surface area contributed by atoms with Crippen LogP contribution in [0.4, 0.5) is 0 Å². The first-order chi connectivity index (χ1) is 13.3. The second kappa shape index (κ2) is 7.05. The third-order valence-electron chi connectivity index (χ3n) is 4.53. The lowest BCUT2D eigenvalue weighted by molar-refractivity contribution is -0.110. The predicted molar refractivity (Wildman–Crippen MR) is 101 cm³/mol. The van der Waals surface area contributed by atoms with Gasteiger partial charge in [0.05, 0.1) is 8.44 Å². The number of thioether (sulfide) groups is 1. The highest BCUT2D eigenvalue weighted by Gasteiger charge is 2.21. The average Bonchev–Trinajstić information content (AvgIpc) is 3.25. The number of aryl methyl sites for hydroxylation is 1. The summed E-state index contributed by atoms with van der Waals surface area (Å²) in [4.78, 5) is 17.0. The largest absolute Gasteiger partial charge is 0.396 e. The maximum atomic E-state index is 11.6. The number of fused-ring (bicyclic) bond motifs is 1. The van der Waals surface area contributed by atoms with Crippen molar-refractivity contribution in [2.24, 2.45) is 0 Å². The summed E-state index contributed by atoms with van der Waals surface area (Å²) in [7, 11) is 0. The zero-order valence-electron chi connectivity index (χ0n) is 16.2. The molecule has 132 valence electrons. The topological polar surface area (TPSA) is 68.0 Å². The van der Waals surface area contributed by atoms with Crippen LogP contribution in [0.5, 0.6) is 0 Å². The van der Waals surface area contributed by atoms with Crippen molar-refractivity contribution >= 4 is 16.9 Å². The van der Waals surface area contributed by atoms with E-state index in [2.05, 4.69) is 29.1 Å². The molecule has 0 spiro atoms. The predicted octanol–water partition coefficient (Wildman–Crippen LogP) is 3.13. The Morgan fingerprint density at radius 1 is 1.35 bits per heavy atom. The fraction of sp³-hybridized carbons (Fsp3) is 0.250. The molecule has 0 aliphatic carbocycles. The number of carbonyl (C=O) groups is 1. The normalized spacial score (nSPS) is 16.2. The minimum atomic E-state index is -2.25. The van der Waals surface area contributed by atoms with Gasteiger partial charge in [0.1, 0.15) is 0 Å². The van der Waals surface area contributed by atoms with Gasteiger partial charge < -0.3 is 5.11 Å². The molecule has 1 unspecified atom stereocenters. The molecule has 1 aromatic carbocycles. The molecule has 0 amide bonds. The van der Waals surface area contributed by atoms with Crippen LogP contribution in [-0.2, 0) is 17.6 Å². The number of rotatable bonds is 5. The van der Waals surface area contributed by atoms with Crippen LogP contribution in [0.1, 0.15) is 38.0 Å². The number of benzene rings is 1. The SMILES string of the molecule is [2H]C([2H])(O)Cc1ccc(-n2ccc(C(C)c3ccc4c(c3)SC(=O)C4)n2)nc1. The summed E-state index contributed by atoms with van der Waals surface area (Å²) in [6.07, 6.45) is 3.77. The van der Waals surface area contributed by atoms with Gasteiger partial charge in [-0.25, -0.2) is 9.67 Å². The van der Waals surface area contributed by atoms with Crippen molar-refractivity contribution < 1.29 is 12.6 Å². The summed E-state index contributed by atoms with van der Waals surface area (Å²) in [6.45, 7) is -0.175. The molecule has 0 saturated heterocycles. The Kier molecular flexibility index (Phi) is 3.99. The third kappa shape index (κ3) is 3.30. The van der Waals surface area contributed by atoms with Crippen LogP contribution in [0.25, 0.3) is 5.82 Å². The number of hydrogen-bond donors (Lipinski definition) is 1. The molecular weight excluding hydrogens is 346 g/mol. The Labute approximate surface area is 158 Å². The summed E-state index contributed by atoms with van der Waals surface area (Å²) < 4.78 is 16.1. The Bertz CT molecular complexity index is 1030. The van der Waals surface area contributed by atoms with Crippen molar-refractivity contribution in [2.75, 3.05) is 6.56 Å². The number of aliphatic hydroxyl groups is 1. The van der Waals surface area contributed by atoms with Gasteiger partial charge in [-0.1, -0.05) is 36.9 Å². The Morgan fingerprint density at radius 2 is 2.23 bits per heavy atom. The van der Waals surface area contributed by atoms with E-state index in [-0.39, 0.29) is 17.5 Å². The first-order valence-electron chi connectivity index (χ1n) is 9.35. The van der Waals surface area contributed by atoms with Gasteiger partial charge in [0, 0.05) is 36.2 Å². The summed E-state index contributed by atoms with van der Waals surface area (Å²) >= 11 is 1.31. The van der Waals surface area contributed by atoms with E-state index in [9.17, 15) is 9.90 Å². The maximum Gasteiger partial charge on any atom is 0.198 e. The summed E-state index contributed by atoms with van der Waals surface area (Å²) in [5.74, 6) is 0.694. The minimum Gasteiger partial charge on any atom is -0.396 e.